The number of benzene rings is 1. The molecule has 4 fully saturated rings. The van der Waals surface area contributed by atoms with Gasteiger partial charge in [-0.1, -0.05) is 48.6 Å². The Bertz CT molecular complexity index is 986. The summed E-state index contributed by atoms with van der Waals surface area (Å²) in [6, 6.07) is 7.59. The second-order valence-corrected chi connectivity index (χ2v) is 10.3. The van der Waals surface area contributed by atoms with Crippen LogP contribution in [-0.4, -0.2) is 33.4 Å². The number of hydrogen-bond donors (Lipinski definition) is 0. The lowest BCUT2D eigenvalue weighted by Gasteiger charge is -2.19. The second kappa shape index (κ2) is 6.27. The molecule has 4 bridgehead atoms. The third-order valence-corrected chi connectivity index (χ3v) is 8.83. The van der Waals surface area contributed by atoms with Crippen LogP contribution in [0.5, 0.6) is 0 Å². The molecule has 4 aliphatic carbocycles. The SMILES string of the molecule is O=C1[C@@H]2[C@H](C(=O)N1Cc1ccc(CN3C(=O)[C@@H]4[C@H](C3=O)[C@H]3C=C[C@H]4C3)cc1)[C@H]1C=C[C@H]2C1. The number of carbonyl (C=O) groups is 4. The van der Waals surface area contributed by atoms with Crippen molar-refractivity contribution in [1.29, 1.82) is 0 Å². The molecule has 0 N–H and O–H groups in total. The lowest BCUT2D eigenvalue weighted by Crippen LogP contribution is -2.33. The number of hydrogen-bond acceptors (Lipinski definition) is 4. The molecule has 162 valence electrons. The van der Waals surface area contributed by atoms with Gasteiger partial charge in [-0.25, -0.2) is 0 Å². The van der Waals surface area contributed by atoms with Gasteiger partial charge in [0.1, 0.15) is 0 Å². The van der Waals surface area contributed by atoms with E-state index in [1.165, 1.54) is 9.80 Å². The Morgan fingerprint density at radius 3 is 1.09 bits per heavy atom. The largest absolute Gasteiger partial charge is 0.278 e. The molecule has 2 saturated heterocycles. The summed E-state index contributed by atoms with van der Waals surface area (Å²) in [7, 11) is 0. The molecular formula is C26H24N2O4. The number of nitrogens with zero attached hydrogens (tertiary/aromatic N) is 2. The predicted molar refractivity (Wildman–Crippen MR) is 113 cm³/mol. The van der Waals surface area contributed by atoms with E-state index >= 15 is 0 Å². The zero-order valence-electron chi connectivity index (χ0n) is 17.6. The molecule has 2 saturated carbocycles. The van der Waals surface area contributed by atoms with Crippen LogP contribution in [0.2, 0.25) is 0 Å². The van der Waals surface area contributed by atoms with Gasteiger partial charge in [0.15, 0.2) is 0 Å². The Labute approximate surface area is 185 Å². The van der Waals surface area contributed by atoms with Crippen molar-refractivity contribution in [2.45, 2.75) is 25.9 Å². The molecule has 2 heterocycles. The van der Waals surface area contributed by atoms with E-state index in [-0.39, 0.29) is 84.1 Å². The van der Waals surface area contributed by atoms with Gasteiger partial charge in [0.25, 0.3) is 0 Å². The zero-order valence-corrected chi connectivity index (χ0v) is 17.6. The number of rotatable bonds is 4. The fraction of sp³-hybridized carbons (Fsp3) is 0.462. The number of fused-ring (bicyclic) bond motifs is 10. The van der Waals surface area contributed by atoms with Gasteiger partial charge in [0, 0.05) is 0 Å². The second-order valence-electron chi connectivity index (χ2n) is 10.3. The molecule has 1 aromatic carbocycles. The van der Waals surface area contributed by atoms with Crippen molar-refractivity contribution in [3.63, 3.8) is 0 Å². The highest BCUT2D eigenvalue weighted by Crippen LogP contribution is 2.53. The van der Waals surface area contributed by atoms with Gasteiger partial charge in [0.2, 0.25) is 23.6 Å². The lowest BCUT2D eigenvalue weighted by atomic mass is 9.85. The van der Waals surface area contributed by atoms with Crippen molar-refractivity contribution in [2.75, 3.05) is 0 Å². The summed E-state index contributed by atoms with van der Waals surface area (Å²) in [6.45, 7) is 0.566. The van der Waals surface area contributed by atoms with Crippen LogP contribution in [0.4, 0.5) is 0 Å². The maximum Gasteiger partial charge on any atom is 0.234 e. The maximum atomic E-state index is 12.9. The first-order valence-corrected chi connectivity index (χ1v) is 11.7. The summed E-state index contributed by atoms with van der Waals surface area (Å²) in [5.74, 6) is 0.0239. The Balaban J connectivity index is 1.05. The highest BCUT2D eigenvalue weighted by molar-refractivity contribution is 6.07. The normalized spacial score (nSPS) is 40.4. The number of imide groups is 2. The molecule has 0 unspecified atom stereocenters. The van der Waals surface area contributed by atoms with Crippen LogP contribution < -0.4 is 0 Å². The molecule has 6 aliphatic rings. The molecule has 0 radical (unpaired) electrons. The van der Waals surface area contributed by atoms with Gasteiger partial charge < -0.3 is 0 Å². The van der Waals surface area contributed by atoms with E-state index in [0.29, 0.717) is 0 Å². The minimum atomic E-state index is -0.173. The highest BCUT2D eigenvalue weighted by atomic mass is 16.2. The monoisotopic (exact) mass is 428 g/mol. The molecule has 1 aromatic rings. The van der Waals surface area contributed by atoms with Gasteiger partial charge in [-0.15, -0.1) is 0 Å². The third kappa shape index (κ3) is 2.30. The summed E-state index contributed by atoms with van der Waals surface area (Å²) in [6.07, 6.45) is 10.3. The van der Waals surface area contributed by atoms with Crippen molar-refractivity contribution in [1.82, 2.24) is 9.80 Å². The quantitative estimate of drug-likeness (QED) is 0.545. The van der Waals surface area contributed by atoms with Crippen molar-refractivity contribution in [2.24, 2.45) is 47.3 Å². The van der Waals surface area contributed by atoms with Crippen LogP contribution in [0.1, 0.15) is 24.0 Å². The average Bonchev–Trinajstić information content (AvgIpc) is 3.62. The molecule has 2 aliphatic heterocycles. The Morgan fingerprint density at radius 2 is 0.812 bits per heavy atom. The zero-order chi connectivity index (χ0) is 21.7. The first-order chi connectivity index (χ1) is 15.5. The molecular weight excluding hydrogens is 404 g/mol. The molecule has 0 aromatic heterocycles. The number of likely N-dealkylation sites (tertiary alicyclic amines) is 2. The van der Waals surface area contributed by atoms with E-state index in [2.05, 4.69) is 24.3 Å². The fourth-order valence-corrected chi connectivity index (χ4v) is 7.36. The van der Waals surface area contributed by atoms with Crippen molar-refractivity contribution < 1.29 is 19.2 Å². The van der Waals surface area contributed by atoms with Crippen LogP contribution >= 0.6 is 0 Å². The van der Waals surface area contributed by atoms with Crippen LogP contribution in [0.3, 0.4) is 0 Å². The minimum Gasteiger partial charge on any atom is -0.278 e. The molecule has 6 nitrogen and oxygen atoms in total. The van der Waals surface area contributed by atoms with Crippen molar-refractivity contribution in [3.8, 4) is 0 Å². The van der Waals surface area contributed by atoms with Gasteiger partial charge in [-0.3, -0.25) is 29.0 Å². The van der Waals surface area contributed by atoms with Gasteiger partial charge in [-0.2, -0.15) is 0 Å². The summed E-state index contributed by atoms with van der Waals surface area (Å²) in [4.78, 5) is 54.4. The number of carbonyl (C=O) groups excluding carboxylic acids is 4. The molecule has 8 atom stereocenters. The molecule has 7 rings (SSSR count). The number of amides is 4. The topological polar surface area (TPSA) is 74.8 Å². The molecule has 0 spiro atoms. The van der Waals surface area contributed by atoms with E-state index in [0.717, 1.165) is 24.0 Å². The van der Waals surface area contributed by atoms with Crippen LogP contribution in [-0.2, 0) is 32.3 Å². The van der Waals surface area contributed by atoms with Gasteiger partial charge >= 0.3 is 0 Å². The molecule has 6 heteroatoms. The van der Waals surface area contributed by atoms with E-state index in [4.69, 9.17) is 0 Å². The summed E-state index contributed by atoms with van der Waals surface area (Å²) in [5.41, 5.74) is 1.77. The van der Waals surface area contributed by atoms with Crippen molar-refractivity contribution in [3.05, 3.63) is 59.7 Å². The van der Waals surface area contributed by atoms with E-state index in [9.17, 15) is 19.2 Å². The highest BCUT2D eigenvalue weighted by Gasteiger charge is 2.60. The van der Waals surface area contributed by atoms with E-state index in [1.807, 2.05) is 24.3 Å². The molecule has 32 heavy (non-hydrogen) atoms. The van der Waals surface area contributed by atoms with Crippen molar-refractivity contribution >= 4 is 23.6 Å². The average molecular weight is 428 g/mol. The number of allylic oxidation sites excluding steroid dienone is 4. The van der Waals surface area contributed by atoms with Gasteiger partial charge in [0.05, 0.1) is 36.8 Å². The van der Waals surface area contributed by atoms with Crippen LogP contribution in [0.15, 0.2) is 48.6 Å². The standard InChI is InChI=1S/C26H24N2O4/c29-23-19-15-5-6-16(9-15)20(19)24(30)27(23)11-13-1-2-14(4-3-13)12-28-25(31)21-17-7-8-18(10-17)22(21)26(28)32/h1-8,15-22H,9-12H2/t15-,16-,17-,18-,19-,20+,21-,22+/m0/s1. The lowest BCUT2D eigenvalue weighted by molar-refractivity contribution is -0.143. The predicted octanol–water partition coefficient (Wildman–Crippen LogP) is 2.30. The van der Waals surface area contributed by atoms with E-state index < -0.39 is 0 Å². The van der Waals surface area contributed by atoms with Crippen LogP contribution in [0, 0.1) is 47.3 Å². The van der Waals surface area contributed by atoms with Gasteiger partial charge in [-0.05, 0) is 47.6 Å². The minimum absolute atomic E-state index is 0.0380. The van der Waals surface area contributed by atoms with Crippen LogP contribution in [0.25, 0.3) is 0 Å². The summed E-state index contributed by atoms with van der Waals surface area (Å²) < 4.78 is 0. The summed E-state index contributed by atoms with van der Waals surface area (Å²) in [5, 5.41) is 0. The first-order valence-electron chi connectivity index (χ1n) is 11.7. The smallest absolute Gasteiger partial charge is 0.234 e. The third-order valence-electron chi connectivity index (χ3n) is 8.83. The van der Waals surface area contributed by atoms with E-state index in [1.54, 1.807) is 0 Å². The first kappa shape index (κ1) is 18.5. The Kier molecular flexibility index (Phi) is 3.63. The Morgan fingerprint density at radius 1 is 0.531 bits per heavy atom. The maximum absolute atomic E-state index is 12.9. The molecule has 4 amide bonds. The fourth-order valence-electron chi connectivity index (χ4n) is 7.36. The summed E-state index contributed by atoms with van der Waals surface area (Å²) >= 11 is 0. The Hall–Kier alpha value is -3.02.